The standard InChI is InChI=1S/C23H19ClO4/c24-19-9-11-20(12-10-19)27-13-14-28-21-8-4-5-17(15-21)16-22(23(25)26)18-6-2-1-3-7-18/h1-12,15-16H,13-14H2,(H,25,26)/b22-16-. The maximum absolute atomic E-state index is 11.6. The van der Waals surface area contributed by atoms with Crippen LogP contribution in [0.4, 0.5) is 0 Å². The zero-order valence-electron chi connectivity index (χ0n) is 15.0. The number of carboxylic acids is 1. The topological polar surface area (TPSA) is 55.8 Å². The van der Waals surface area contributed by atoms with Crippen molar-refractivity contribution in [1.82, 2.24) is 0 Å². The molecule has 28 heavy (non-hydrogen) atoms. The molecule has 3 aromatic rings. The molecule has 0 aliphatic rings. The highest BCUT2D eigenvalue weighted by Gasteiger charge is 2.10. The fourth-order valence-electron chi connectivity index (χ4n) is 2.60. The summed E-state index contributed by atoms with van der Waals surface area (Å²) < 4.78 is 11.3. The van der Waals surface area contributed by atoms with Crippen LogP contribution in [0.5, 0.6) is 11.5 Å². The number of hydrogen-bond donors (Lipinski definition) is 1. The van der Waals surface area contributed by atoms with Gasteiger partial charge in [0.15, 0.2) is 0 Å². The van der Waals surface area contributed by atoms with Gasteiger partial charge >= 0.3 is 5.97 Å². The number of carboxylic acid groups (broad SMARTS) is 1. The Morgan fingerprint density at radius 2 is 1.54 bits per heavy atom. The normalized spacial score (nSPS) is 11.1. The number of benzene rings is 3. The summed E-state index contributed by atoms with van der Waals surface area (Å²) in [5.41, 5.74) is 1.62. The van der Waals surface area contributed by atoms with Gasteiger partial charge in [0, 0.05) is 5.02 Å². The van der Waals surface area contributed by atoms with Gasteiger partial charge in [-0.2, -0.15) is 0 Å². The third-order valence-electron chi connectivity index (χ3n) is 3.92. The fraction of sp³-hybridized carbons (Fsp3) is 0.0870. The zero-order valence-corrected chi connectivity index (χ0v) is 15.8. The highest BCUT2D eigenvalue weighted by atomic mass is 35.5. The van der Waals surface area contributed by atoms with Crippen LogP contribution in [0.15, 0.2) is 78.9 Å². The summed E-state index contributed by atoms with van der Waals surface area (Å²) in [5, 5.41) is 10.2. The second-order valence-corrected chi connectivity index (χ2v) is 6.39. The second-order valence-electron chi connectivity index (χ2n) is 5.95. The van der Waals surface area contributed by atoms with Crippen molar-refractivity contribution in [2.24, 2.45) is 0 Å². The smallest absolute Gasteiger partial charge is 0.336 e. The third kappa shape index (κ3) is 5.63. The first-order chi connectivity index (χ1) is 13.6. The molecule has 0 aliphatic carbocycles. The van der Waals surface area contributed by atoms with Crippen molar-refractivity contribution in [3.05, 3.63) is 95.0 Å². The molecule has 0 saturated carbocycles. The molecule has 3 rings (SSSR count). The lowest BCUT2D eigenvalue weighted by Gasteiger charge is -2.09. The van der Waals surface area contributed by atoms with Crippen LogP contribution in [0.3, 0.4) is 0 Å². The molecule has 0 fully saturated rings. The molecule has 0 saturated heterocycles. The van der Waals surface area contributed by atoms with Crippen LogP contribution in [0.2, 0.25) is 5.02 Å². The van der Waals surface area contributed by atoms with Crippen LogP contribution in [0, 0.1) is 0 Å². The highest BCUT2D eigenvalue weighted by Crippen LogP contribution is 2.21. The monoisotopic (exact) mass is 394 g/mol. The molecule has 0 atom stereocenters. The van der Waals surface area contributed by atoms with Crippen molar-refractivity contribution in [2.45, 2.75) is 0 Å². The van der Waals surface area contributed by atoms with E-state index in [1.54, 1.807) is 48.5 Å². The Morgan fingerprint density at radius 3 is 2.21 bits per heavy atom. The van der Waals surface area contributed by atoms with Gasteiger partial charge in [0.25, 0.3) is 0 Å². The van der Waals surface area contributed by atoms with Crippen molar-refractivity contribution in [3.8, 4) is 11.5 Å². The lowest BCUT2D eigenvalue weighted by Crippen LogP contribution is -2.09. The first-order valence-corrected chi connectivity index (χ1v) is 9.11. The van der Waals surface area contributed by atoms with E-state index in [0.29, 0.717) is 29.5 Å². The predicted molar refractivity (Wildman–Crippen MR) is 111 cm³/mol. The van der Waals surface area contributed by atoms with E-state index < -0.39 is 5.97 Å². The number of aliphatic carboxylic acids is 1. The number of hydrogen-bond acceptors (Lipinski definition) is 3. The number of ether oxygens (including phenoxy) is 2. The maximum Gasteiger partial charge on any atom is 0.336 e. The molecule has 0 aliphatic heterocycles. The van der Waals surface area contributed by atoms with Gasteiger partial charge < -0.3 is 14.6 Å². The first kappa shape index (κ1) is 19.5. The molecule has 142 valence electrons. The summed E-state index contributed by atoms with van der Waals surface area (Å²) in [6.45, 7) is 0.742. The Kier molecular flexibility index (Phi) is 6.71. The van der Waals surface area contributed by atoms with Crippen molar-refractivity contribution in [3.63, 3.8) is 0 Å². The average molecular weight is 395 g/mol. The second kappa shape index (κ2) is 9.62. The van der Waals surface area contributed by atoms with E-state index >= 15 is 0 Å². The van der Waals surface area contributed by atoms with E-state index in [1.807, 2.05) is 36.4 Å². The molecule has 0 unspecified atom stereocenters. The largest absolute Gasteiger partial charge is 0.490 e. The molecule has 0 bridgehead atoms. The minimum absolute atomic E-state index is 0.226. The lowest BCUT2D eigenvalue weighted by atomic mass is 10.0. The van der Waals surface area contributed by atoms with Crippen LogP contribution in [-0.4, -0.2) is 24.3 Å². The molecule has 0 amide bonds. The number of halogens is 1. The van der Waals surface area contributed by atoms with Gasteiger partial charge in [-0.1, -0.05) is 54.1 Å². The van der Waals surface area contributed by atoms with E-state index in [1.165, 1.54) is 0 Å². The van der Waals surface area contributed by atoms with Gasteiger partial charge in [-0.3, -0.25) is 0 Å². The van der Waals surface area contributed by atoms with Crippen LogP contribution in [0.1, 0.15) is 11.1 Å². The molecule has 0 heterocycles. The minimum Gasteiger partial charge on any atom is -0.490 e. The molecule has 0 aromatic heterocycles. The van der Waals surface area contributed by atoms with Crippen molar-refractivity contribution < 1.29 is 19.4 Å². The highest BCUT2D eigenvalue weighted by molar-refractivity contribution is 6.30. The first-order valence-electron chi connectivity index (χ1n) is 8.73. The van der Waals surface area contributed by atoms with Crippen LogP contribution in [0.25, 0.3) is 11.6 Å². The molecule has 1 N–H and O–H groups in total. The van der Waals surface area contributed by atoms with Crippen LogP contribution in [-0.2, 0) is 4.79 Å². The summed E-state index contributed by atoms with van der Waals surface area (Å²) >= 11 is 5.84. The summed E-state index contributed by atoms with van der Waals surface area (Å²) in [4.78, 5) is 11.6. The Morgan fingerprint density at radius 1 is 0.857 bits per heavy atom. The van der Waals surface area contributed by atoms with Gasteiger partial charge in [-0.25, -0.2) is 4.79 Å². The molecule has 0 radical (unpaired) electrons. The third-order valence-corrected chi connectivity index (χ3v) is 4.17. The fourth-order valence-corrected chi connectivity index (χ4v) is 2.72. The van der Waals surface area contributed by atoms with Crippen molar-refractivity contribution in [2.75, 3.05) is 13.2 Å². The number of rotatable bonds is 8. The van der Waals surface area contributed by atoms with Crippen LogP contribution < -0.4 is 9.47 Å². The van der Waals surface area contributed by atoms with Gasteiger partial charge in [-0.05, 0) is 53.6 Å². The molecule has 5 heteroatoms. The molecular weight excluding hydrogens is 376 g/mol. The summed E-state index contributed by atoms with van der Waals surface area (Å²) in [5.74, 6) is 0.388. The Labute approximate surface area is 168 Å². The summed E-state index contributed by atoms with van der Waals surface area (Å²) in [7, 11) is 0. The zero-order chi connectivity index (χ0) is 19.8. The SMILES string of the molecule is O=C(O)/C(=C\c1cccc(OCCOc2ccc(Cl)cc2)c1)c1ccccc1. The molecule has 3 aromatic carbocycles. The summed E-state index contributed by atoms with van der Waals surface area (Å²) in [6.07, 6.45) is 1.63. The molecule has 0 spiro atoms. The lowest BCUT2D eigenvalue weighted by molar-refractivity contribution is -0.130. The van der Waals surface area contributed by atoms with Crippen molar-refractivity contribution in [1.29, 1.82) is 0 Å². The quantitative estimate of drug-likeness (QED) is 0.315. The van der Waals surface area contributed by atoms with E-state index in [-0.39, 0.29) is 5.57 Å². The van der Waals surface area contributed by atoms with Gasteiger partial charge in [-0.15, -0.1) is 0 Å². The predicted octanol–water partition coefficient (Wildman–Crippen LogP) is 5.42. The van der Waals surface area contributed by atoms with Gasteiger partial charge in [0.2, 0.25) is 0 Å². The van der Waals surface area contributed by atoms with Crippen LogP contribution >= 0.6 is 11.6 Å². The molecule has 4 nitrogen and oxygen atoms in total. The van der Waals surface area contributed by atoms with E-state index in [2.05, 4.69) is 0 Å². The van der Waals surface area contributed by atoms with Crippen molar-refractivity contribution >= 4 is 29.2 Å². The van der Waals surface area contributed by atoms with Gasteiger partial charge in [0.1, 0.15) is 24.7 Å². The minimum atomic E-state index is -0.978. The van der Waals surface area contributed by atoms with E-state index in [9.17, 15) is 9.90 Å². The van der Waals surface area contributed by atoms with E-state index in [4.69, 9.17) is 21.1 Å². The summed E-state index contributed by atoms with van der Waals surface area (Å²) in [6, 6.07) is 23.4. The molecular formula is C23H19ClO4. The van der Waals surface area contributed by atoms with E-state index in [0.717, 1.165) is 11.3 Å². The Hall–Kier alpha value is -3.24. The Bertz CT molecular complexity index is 950. The number of carbonyl (C=O) groups is 1. The van der Waals surface area contributed by atoms with Gasteiger partial charge in [0.05, 0.1) is 5.57 Å². The average Bonchev–Trinajstić information content (AvgIpc) is 2.71. The maximum atomic E-state index is 11.6. The Balaban J connectivity index is 1.63.